The highest BCUT2D eigenvalue weighted by molar-refractivity contribution is 6.07. The molecule has 1 amide bonds. The second kappa shape index (κ2) is 7.01. The molecule has 0 saturated carbocycles. The van der Waals surface area contributed by atoms with Crippen molar-refractivity contribution in [1.29, 1.82) is 0 Å². The van der Waals surface area contributed by atoms with Crippen LogP contribution in [0.15, 0.2) is 51.9 Å². The van der Waals surface area contributed by atoms with Crippen LogP contribution in [0.3, 0.4) is 0 Å². The van der Waals surface area contributed by atoms with Gasteiger partial charge in [0.15, 0.2) is 5.76 Å². The number of fused-ring (bicyclic) bond motifs is 1. The fourth-order valence-electron chi connectivity index (χ4n) is 3.55. The number of anilines is 1. The molecule has 5 heterocycles. The Kier molecular flexibility index (Phi) is 4.19. The number of aromatic nitrogens is 4. The van der Waals surface area contributed by atoms with Gasteiger partial charge in [-0.2, -0.15) is 0 Å². The van der Waals surface area contributed by atoms with Crippen LogP contribution in [-0.2, 0) is 0 Å². The summed E-state index contributed by atoms with van der Waals surface area (Å²) >= 11 is 0. The Hall–Kier alpha value is -3.75. The molecule has 4 aromatic rings. The van der Waals surface area contributed by atoms with E-state index >= 15 is 0 Å². The number of pyridine rings is 1. The Bertz CT molecular complexity index is 1150. The van der Waals surface area contributed by atoms with Gasteiger partial charge in [-0.1, -0.05) is 5.16 Å². The highest BCUT2D eigenvalue weighted by Gasteiger charge is 2.27. The average Bonchev–Trinajstić information content (AvgIpc) is 3.44. The summed E-state index contributed by atoms with van der Waals surface area (Å²) in [4.78, 5) is 30.3. The first-order valence-corrected chi connectivity index (χ1v) is 9.33. The largest absolute Gasteiger partial charge is 0.463 e. The molecular weight excluding hydrogens is 372 g/mol. The zero-order valence-corrected chi connectivity index (χ0v) is 15.8. The molecular formula is C20H18N6O3. The van der Waals surface area contributed by atoms with Crippen LogP contribution in [0.1, 0.15) is 16.1 Å². The lowest BCUT2D eigenvalue weighted by atomic mass is 10.1. The molecule has 146 valence electrons. The van der Waals surface area contributed by atoms with E-state index in [1.165, 1.54) is 0 Å². The molecule has 0 unspecified atom stereocenters. The Balaban J connectivity index is 1.44. The van der Waals surface area contributed by atoms with Gasteiger partial charge in [0.1, 0.15) is 5.69 Å². The lowest BCUT2D eigenvalue weighted by Crippen LogP contribution is -2.49. The third kappa shape index (κ3) is 3.10. The van der Waals surface area contributed by atoms with Crippen molar-refractivity contribution in [2.45, 2.75) is 6.92 Å². The van der Waals surface area contributed by atoms with Crippen molar-refractivity contribution >= 4 is 23.0 Å². The smallest absolute Gasteiger partial charge is 0.259 e. The van der Waals surface area contributed by atoms with E-state index in [1.54, 1.807) is 42.9 Å². The second-order valence-corrected chi connectivity index (χ2v) is 6.81. The van der Waals surface area contributed by atoms with Crippen molar-refractivity contribution in [3.05, 3.63) is 54.2 Å². The molecule has 1 aliphatic rings. The minimum atomic E-state index is -0.0786. The number of aryl methyl sites for hydroxylation is 1. The monoisotopic (exact) mass is 390 g/mol. The minimum Gasteiger partial charge on any atom is -0.463 e. The van der Waals surface area contributed by atoms with Gasteiger partial charge in [0.05, 0.1) is 22.9 Å². The molecule has 0 N–H and O–H groups in total. The Morgan fingerprint density at radius 1 is 1.10 bits per heavy atom. The predicted molar refractivity (Wildman–Crippen MR) is 104 cm³/mol. The van der Waals surface area contributed by atoms with Gasteiger partial charge in [0, 0.05) is 38.6 Å². The van der Waals surface area contributed by atoms with Gasteiger partial charge in [-0.15, -0.1) is 0 Å². The van der Waals surface area contributed by atoms with Crippen molar-refractivity contribution in [2.75, 3.05) is 31.1 Å². The van der Waals surface area contributed by atoms with Gasteiger partial charge in [-0.25, -0.2) is 15.0 Å². The molecule has 0 bridgehead atoms. The molecule has 1 fully saturated rings. The summed E-state index contributed by atoms with van der Waals surface area (Å²) in [5, 5.41) is 4.63. The van der Waals surface area contributed by atoms with Gasteiger partial charge in [0.25, 0.3) is 11.6 Å². The first kappa shape index (κ1) is 17.4. The summed E-state index contributed by atoms with van der Waals surface area (Å²) in [5.74, 6) is 1.17. The van der Waals surface area contributed by atoms with E-state index in [4.69, 9.17) is 8.94 Å². The molecule has 0 spiro atoms. The zero-order valence-electron chi connectivity index (χ0n) is 15.8. The summed E-state index contributed by atoms with van der Waals surface area (Å²) in [7, 11) is 0. The molecule has 0 atom stereocenters. The maximum absolute atomic E-state index is 13.4. The van der Waals surface area contributed by atoms with Crippen LogP contribution in [0, 0.1) is 6.92 Å². The number of furan rings is 1. The molecule has 1 saturated heterocycles. The van der Waals surface area contributed by atoms with Crippen LogP contribution in [-0.4, -0.2) is 57.1 Å². The SMILES string of the molecule is Cc1noc2nc(-c3ccco3)cc(C(=O)N3CCN(c4ncccn4)CC3)c12. The topological polar surface area (TPSA) is 101 Å². The van der Waals surface area contributed by atoms with Crippen molar-refractivity contribution in [2.24, 2.45) is 0 Å². The third-order valence-electron chi connectivity index (χ3n) is 5.02. The van der Waals surface area contributed by atoms with E-state index in [0.29, 0.717) is 65.9 Å². The average molecular weight is 390 g/mol. The minimum absolute atomic E-state index is 0.0786. The van der Waals surface area contributed by atoms with E-state index in [9.17, 15) is 4.79 Å². The quantitative estimate of drug-likeness (QED) is 0.526. The van der Waals surface area contributed by atoms with E-state index in [1.807, 2.05) is 11.8 Å². The van der Waals surface area contributed by atoms with Crippen LogP contribution in [0.2, 0.25) is 0 Å². The lowest BCUT2D eigenvalue weighted by Gasteiger charge is -2.34. The fourth-order valence-corrected chi connectivity index (χ4v) is 3.55. The Labute approximate surface area is 166 Å². The summed E-state index contributed by atoms with van der Waals surface area (Å²) in [6, 6.07) is 7.11. The van der Waals surface area contributed by atoms with E-state index in [2.05, 4.69) is 25.0 Å². The summed E-state index contributed by atoms with van der Waals surface area (Å²) < 4.78 is 10.8. The van der Waals surface area contributed by atoms with Crippen LogP contribution >= 0.6 is 0 Å². The standard InChI is InChI=1S/C20H18N6O3/c1-13-17-14(12-15(16-4-2-11-28-16)23-18(17)29-24-13)19(27)25-7-9-26(10-8-25)20-21-5-3-6-22-20/h2-6,11-12H,7-10H2,1H3. The number of nitrogens with zero attached hydrogens (tertiary/aromatic N) is 6. The van der Waals surface area contributed by atoms with Crippen LogP contribution < -0.4 is 4.90 Å². The second-order valence-electron chi connectivity index (χ2n) is 6.81. The van der Waals surface area contributed by atoms with E-state index in [-0.39, 0.29) is 5.91 Å². The maximum Gasteiger partial charge on any atom is 0.259 e. The third-order valence-corrected chi connectivity index (χ3v) is 5.02. The van der Waals surface area contributed by atoms with Gasteiger partial charge in [0.2, 0.25) is 5.95 Å². The molecule has 4 aromatic heterocycles. The molecule has 9 heteroatoms. The number of hydrogen-bond donors (Lipinski definition) is 0. The molecule has 29 heavy (non-hydrogen) atoms. The lowest BCUT2D eigenvalue weighted by molar-refractivity contribution is 0.0748. The number of amides is 1. The number of carbonyl (C=O) groups is 1. The first-order chi connectivity index (χ1) is 14.2. The van der Waals surface area contributed by atoms with Crippen molar-refractivity contribution in [3.63, 3.8) is 0 Å². The summed E-state index contributed by atoms with van der Waals surface area (Å²) in [6.45, 7) is 4.28. The first-order valence-electron chi connectivity index (χ1n) is 9.33. The van der Waals surface area contributed by atoms with Gasteiger partial charge in [-0.05, 0) is 31.2 Å². The van der Waals surface area contributed by atoms with E-state index in [0.717, 1.165) is 0 Å². The molecule has 0 radical (unpaired) electrons. The van der Waals surface area contributed by atoms with Crippen molar-refractivity contribution in [1.82, 2.24) is 25.0 Å². The van der Waals surface area contributed by atoms with E-state index < -0.39 is 0 Å². The van der Waals surface area contributed by atoms with Gasteiger partial charge >= 0.3 is 0 Å². The van der Waals surface area contributed by atoms with Gasteiger partial charge in [-0.3, -0.25) is 4.79 Å². The molecule has 1 aliphatic heterocycles. The van der Waals surface area contributed by atoms with Crippen molar-refractivity contribution < 1.29 is 13.7 Å². The van der Waals surface area contributed by atoms with Gasteiger partial charge < -0.3 is 18.7 Å². The van der Waals surface area contributed by atoms with Crippen LogP contribution in [0.4, 0.5) is 5.95 Å². The number of rotatable bonds is 3. The van der Waals surface area contributed by atoms with Crippen LogP contribution in [0.5, 0.6) is 0 Å². The molecule has 9 nitrogen and oxygen atoms in total. The fraction of sp³-hybridized carbons (Fsp3) is 0.250. The predicted octanol–water partition coefficient (Wildman–Crippen LogP) is 2.54. The zero-order chi connectivity index (χ0) is 19.8. The number of hydrogen-bond acceptors (Lipinski definition) is 8. The summed E-state index contributed by atoms with van der Waals surface area (Å²) in [6.07, 6.45) is 5.01. The number of carbonyl (C=O) groups excluding carboxylic acids is 1. The summed E-state index contributed by atoms with van der Waals surface area (Å²) in [5.41, 5.74) is 2.03. The Morgan fingerprint density at radius 2 is 1.90 bits per heavy atom. The Morgan fingerprint density at radius 3 is 2.62 bits per heavy atom. The molecule has 5 rings (SSSR count). The maximum atomic E-state index is 13.4. The highest BCUT2D eigenvalue weighted by Crippen LogP contribution is 2.28. The van der Waals surface area contributed by atoms with Crippen LogP contribution in [0.25, 0.3) is 22.6 Å². The highest BCUT2D eigenvalue weighted by atomic mass is 16.5. The van der Waals surface area contributed by atoms with Crippen molar-refractivity contribution in [3.8, 4) is 11.5 Å². The molecule has 0 aliphatic carbocycles. The molecule has 0 aromatic carbocycles. The number of piperazine rings is 1. The normalized spacial score (nSPS) is 14.5.